The number of nitrogens with one attached hydrogen (secondary N) is 1. The molecule has 0 fully saturated rings. The van der Waals surface area contributed by atoms with E-state index >= 15 is 0 Å². The summed E-state index contributed by atoms with van der Waals surface area (Å²) in [6.45, 7) is 0. The number of carbonyl (C=O) groups excluding carboxylic acids is 1. The van der Waals surface area contributed by atoms with Crippen LogP contribution in [0.1, 0.15) is 0 Å². The van der Waals surface area contributed by atoms with Gasteiger partial charge in [-0.3, -0.25) is 4.79 Å². The minimum absolute atomic E-state index is 0.133. The summed E-state index contributed by atoms with van der Waals surface area (Å²) in [5.74, 6) is 6.71. The molecule has 0 saturated carbocycles. The van der Waals surface area contributed by atoms with Gasteiger partial charge < -0.3 is 11.2 Å². The number of fused-ring (bicyclic) bond motifs is 1. The van der Waals surface area contributed by atoms with Gasteiger partial charge in [0.1, 0.15) is 0 Å². The molecular formula is C20H16BrN5OS. The number of anilines is 1. The summed E-state index contributed by atoms with van der Waals surface area (Å²) in [5, 5.41) is 13.8. The number of hydrogen-bond acceptors (Lipinski definition) is 5. The average Bonchev–Trinajstić information content (AvgIpc) is 3.07. The number of hydrogen-bond donors (Lipinski definition) is 2. The van der Waals surface area contributed by atoms with Gasteiger partial charge in [0.25, 0.3) is 0 Å². The molecule has 8 heteroatoms. The number of benzene rings is 3. The molecule has 1 aromatic heterocycles. The van der Waals surface area contributed by atoms with Crippen LogP contribution in [0.3, 0.4) is 0 Å². The standard InChI is InChI=1S/C20H16BrN5OS/c21-16-10-4-3-9-15(16)19-24-25-20(26(19)22)28-12-18(27)23-17-11-5-7-13-6-1-2-8-14(13)17/h1-11H,12,22H2,(H,23,27). The zero-order valence-corrected chi connectivity index (χ0v) is 17.1. The minimum atomic E-state index is -0.133. The first-order valence-corrected chi connectivity index (χ1v) is 10.3. The van der Waals surface area contributed by atoms with Crippen molar-refractivity contribution < 1.29 is 4.79 Å². The molecule has 0 saturated heterocycles. The van der Waals surface area contributed by atoms with Crippen molar-refractivity contribution >= 4 is 50.1 Å². The van der Waals surface area contributed by atoms with E-state index in [0.29, 0.717) is 11.0 Å². The first-order chi connectivity index (χ1) is 13.6. The SMILES string of the molecule is Nn1c(SCC(=O)Nc2cccc3ccccc23)nnc1-c1ccccc1Br. The molecule has 1 heterocycles. The van der Waals surface area contributed by atoms with Crippen LogP contribution >= 0.6 is 27.7 Å². The van der Waals surface area contributed by atoms with Gasteiger partial charge in [0.05, 0.1) is 5.75 Å². The van der Waals surface area contributed by atoms with Crippen molar-refractivity contribution in [2.75, 3.05) is 16.9 Å². The van der Waals surface area contributed by atoms with E-state index in [2.05, 4.69) is 31.4 Å². The van der Waals surface area contributed by atoms with Gasteiger partial charge in [0, 0.05) is 21.1 Å². The highest BCUT2D eigenvalue weighted by molar-refractivity contribution is 9.10. The number of nitrogens with two attached hydrogens (primary N) is 1. The fourth-order valence-electron chi connectivity index (χ4n) is 2.85. The zero-order chi connectivity index (χ0) is 19.5. The fraction of sp³-hybridized carbons (Fsp3) is 0.0500. The Balaban J connectivity index is 1.46. The number of nitrogen functional groups attached to an aromatic ring is 1. The third-order valence-corrected chi connectivity index (χ3v) is 5.81. The number of halogens is 1. The quantitative estimate of drug-likeness (QED) is 0.347. The Morgan fingerprint density at radius 2 is 1.79 bits per heavy atom. The second kappa shape index (κ2) is 8.04. The number of aromatic nitrogens is 3. The molecule has 1 amide bonds. The van der Waals surface area contributed by atoms with Crippen LogP contribution in [0, 0.1) is 0 Å². The van der Waals surface area contributed by atoms with Gasteiger partial charge in [0.2, 0.25) is 11.1 Å². The molecular weight excluding hydrogens is 438 g/mol. The summed E-state index contributed by atoms with van der Waals surface area (Å²) in [6.07, 6.45) is 0. The summed E-state index contributed by atoms with van der Waals surface area (Å²) in [7, 11) is 0. The Bertz CT molecular complexity index is 1160. The highest BCUT2D eigenvalue weighted by Crippen LogP contribution is 2.28. The second-order valence-corrected chi connectivity index (χ2v) is 7.82. The molecule has 0 atom stereocenters. The molecule has 0 aliphatic carbocycles. The molecule has 0 radical (unpaired) electrons. The molecule has 4 rings (SSSR count). The van der Waals surface area contributed by atoms with E-state index in [1.807, 2.05) is 66.7 Å². The van der Waals surface area contributed by atoms with Crippen LogP contribution in [0.15, 0.2) is 76.4 Å². The molecule has 0 aliphatic rings. The first-order valence-electron chi connectivity index (χ1n) is 8.49. The Labute approximate surface area is 174 Å². The molecule has 3 N–H and O–H groups in total. The van der Waals surface area contributed by atoms with E-state index in [0.717, 1.165) is 26.5 Å². The summed E-state index contributed by atoms with van der Waals surface area (Å²) in [5.41, 5.74) is 1.62. The smallest absolute Gasteiger partial charge is 0.234 e. The molecule has 6 nitrogen and oxygen atoms in total. The maximum absolute atomic E-state index is 12.4. The average molecular weight is 454 g/mol. The van der Waals surface area contributed by atoms with Crippen molar-refractivity contribution in [1.29, 1.82) is 0 Å². The molecule has 28 heavy (non-hydrogen) atoms. The van der Waals surface area contributed by atoms with Crippen molar-refractivity contribution in [3.8, 4) is 11.4 Å². The van der Waals surface area contributed by atoms with Crippen LogP contribution in [-0.4, -0.2) is 26.5 Å². The van der Waals surface area contributed by atoms with Gasteiger partial charge in [-0.1, -0.05) is 76.2 Å². The number of thioether (sulfide) groups is 1. The number of nitrogens with zero attached hydrogens (tertiary/aromatic N) is 3. The van der Waals surface area contributed by atoms with Gasteiger partial charge in [-0.15, -0.1) is 10.2 Å². The predicted octanol–water partition coefficient (Wildman–Crippen LogP) is 4.31. The van der Waals surface area contributed by atoms with Crippen molar-refractivity contribution in [2.24, 2.45) is 0 Å². The van der Waals surface area contributed by atoms with Crippen LogP contribution in [-0.2, 0) is 4.79 Å². The highest BCUT2D eigenvalue weighted by atomic mass is 79.9. The molecule has 0 aliphatic heterocycles. The minimum Gasteiger partial charge on any atom is -0.335 e. The second-order valence-electron chi connectivity index (χ2n) is 6.02. The fourth-order valence-corrected chi connectivity index (χ4v) is 3.97. The lowest BCUT2D eigenvalue weighted by molar-refractivity contribution is -0.113. The normalized spacial score (nSPS) is 10.9. The van der Waals surface area contributed by atoms with Gasteiger partial charge in [0.15, 0.2) is 5.82 Å². The van der Waals surface area contributed by atoms with Crippen LogP contribution in [0.2, 0.25) is 0 Å². The maximum atomic E-state index is 12.4. The molecule has 140 valence electrons. The van der Waals surface area contributed by atoms with Gasteiger partial charge in [-0.25, -0.2) is 4.68 Å². The maximum Gasteiger partial charge on any atom is 0.234 e. The zero-order valence-electron chi connectivity index (χ0n) is 14.7. The molecule has 0 bridgehead atoms. The monoisotopic (exact) mass is 453 g/mol. The summed E-state index contributed by atoms with van der Waals surface area (Å²) in [4.78, 5) is 12.4. The third kappa shape index (κ3) is 3.74. The summed E-state index contributed by atoms with van der Waals surface area (Å²) in [6, 6.07) is 21.4. The van der Waals surface area contributed by atoms with E-state index in [4.69, 9.17) is 5.84 Å². The van der Waals surface area contributed by atoms with Crippen LogP contribution in [0.5, 0.6) is 0 Å². The Morgan fingerprint density at radius 3 is 2.64 bits per heavy atom. The number of rotatable bonds is 5. The number of carbonyl (C=O) groups is 1. The molecule has 0 unspecified atom stereocenters. The van der Waals surface area contributed by atoms with Gasteiger partial charge in [-0.2, -0.15) is 0 Å². The first kappa shape index (κ1) is 18.5. The molecule has 0 spiro atoms. The van der Waals surface area contributed by atoms with E-state index in [1.165, 1.54) is 16.4 Å². The number of amides is 1. The largest absolute Gasteiger partial charge is 0.335 e. The van der Waals surface area contributed by atoms with Crippen LogP contribution < -0.4 is 11.2 Å². The van der Waals surface area contributed by atoms with E-state index in [1.54, 1.807) is 0 Å². The highest BCUT2D eigenvalue weighted by Gasteiger charge is 2.15. The van der Waals surface area contributed by atoms with E-state index in [-0.39, 0.29) is 11.7 Å². The van der Waals surface area contributed by atoms with Crippen LogP contribution in [0.4, 0.5) is 5.69 Å². The summed E-state index contributed by atoms with van der Waals surface area (Å²) < 4.78 is 2.27. The lowest BCUT2D eigenvalue weighted by Gasteiger charge is -2.08. The lowest BCUT2D eigenvalue weighted by Crippen LogP contribution is -2.16. The van der Waals surface area contributed by atoms with Crippen LogP contribution in [0.25, 0.3) is 22.2 Å². The van der Waals surface area contributed by atoms with Crippen molar-refractivity contribution in [3.05, 3.63) is 71.2 Å². The van der Waals surface area contributed by atoms with E-state index in [9.17, 15) is 4.79 Å². The Kier molecular flexibility index (Phi) is 5.31. The Morgan fingerprint density at radius 1 is 1.04 bits per heavy atom. The van der Waals surface area contributed by atoms with Crippen molar-refractivity contribution in [1.82, 2.24) is 14.9 Å². The topological polar surface area (TPSA) is 85.8 Å². The summed E-state index contributed by atoms with van der Waals surface area (Å²) >= 11 is 4.73. The van der Waals surface area contributed by atoms with Crippen molar-refractivity contribution in [3.63, 3.8) is 0 Å². The van der Waals surface area contributed by atoms with Crippen molar-refractivity contribution in [2.45, 2.75) is 5.16 Å². The molecule has 3 aromatic carbocycles. The predicted molar refractivity (Wildman–Crippen MR) is 117 cm³/mol. The van der Waals surface area contributed by atoms with Gasteiger partial charge in [-0.05, 0) is 23.6 Å². The van der Waals surface area contributed by atoms with Gasteiger partial charge >= 0.3 is 0 Å². The Hall–Kier alpha value is -2.84. The third-order valence-electron chi connectivity index (χ3n) is 4.18. The van der Waals surface area contributed by atoms with E-state index < -0.39 is 0 Å². The molecule has 4 aromatic rings. The lowest BCUT2D eigenvalue weighted by atomic mass is 10.1.